The van der Waals surface area contributed by atoms with E-state index in [9.17, 15) is 5.26 Å². The lowest BCUT2D eigenvalue weighted by Gasteiger charge is -2.07. The van der Waals surface area contributed by atoms with Crippen LogP contribution in [-0.4, -0.2) is 0 Å². The fourth-order valence-corrected chi connectivity index (χ4v) is 3.95. The van der Waals surface area contributed by atoms with Crippen LogP contribution in [0.3, 0.4) is 0 Å². The van der Waals surface area contributed by atoms with Crippen LogP contribution in [0.5, 0.6) is 0 Å². The molecule has 0 bridgehead atoms. The second kappa shape index (κ2) is 6.55. The number of aryl methyl sites for hydroxylation is 2. The van der Waals surface area contributed by atoms with Crippen LogP contribution < -0.4 is 4.57 Å². The summed E-state index contributed by atoms with van der Waals surface area (Å²) in [4.78, 5) is 0. The molecule has 0 N–H and O–H groups in total. The van der Waals surface area contributed by atoms with Gasteiger partial charge in [-0.3, -0.25) is 0 Å². The molecule has 134 valence electrons. The second-order valence-corrected chi connectivity index (χ2v) is 7.62. The van der Waals surface area contributed by atoms with Crippen molar-refractivity contribution in [2.45, 2.75) is 27.2 Å². The van der Waals surface area contributed by atoms with Crippen molar-refractivity contribution in [2.24, 2.45) is 13.0 Å². The zero-order valence-electron chi connectivity index (χ0n) is 16.2. The predicted molar refractivity (Wildman–Crippen MR) is 108 cm³/mol. The Morgan fingerprint density at radius 3 is 2.59 bits per heavy atom. The van der Waals surface area contributed by atoms with Crippen LogP contribution in [0.1, 0.15) is 30.5 Å². The lowest BCUT2D eigenvalue weighted by atomic mass is 9.95. The number of aromatic nitrogens is 1. The highest BCUT2D eigenvalue weighted by Crippen LogP contribution is 2.38. The highest BCUT2D eigenvalue weighted by molar-refractivity contribution is 6.09. The lowest BCUT2D eigenvalue weighted by molar-refractivity contribution is -0.660. The minimum atomic E-state index is 0.542. The molecule has 0 spiro atoms. The van der Waals surface area contributed by atoms with Crippen molar-refractivity contribution in [3.05, 3.63) is 65.4 Å². The Balaban J connectivity index is 2.10. The van der Waals surface area contributed by atoms with E-state index in [1.807, 2.05) is 36.0 Å². The van der Waals surface area contributed by atoms with Gasteiger partial charge in [0.25, 0.3) is 0 Å². The Hall–Kier alpha value is -3.12. The van der Waals surface area contributed by atoms with Gasteiger partial charge in [-0.1, -0.05) is 32.0 Å². The minimum Gasteiger partial charge on any atom is -0.454 e. The van der Waals surface area contributed by atoms with Gasteiger partial charge in [0.1, 0.15) is 24.3 Å². The van der Waals surface area contributed by atoms with Crippen LogP contribution in [-0.2, 0) is 13.5 Å². The van der Waals surface area contributed by atoms with Crippen LogP contribution in [0.25, 0.3) is 33.2 Å². The summed E-state index contributed by atoms with van der Waals surface area (Å²) in [7, 11) is 2.00. The summed E-state index contributed by atoms with van der Waals surface area (Å²) >= 11 is 0. The highest BCUT2D eigenvalue weighted by atomic mass is 16.3. The molecular formula is C24H23N2O+. The molecule has 27 heavy (non-hydrogen) atoms. The van der Waals surface area contributed by atoms with Gasteiger partial charge in [-0.15, -0.1) is 0 Å². The summed E-state index contributed by atoms with van der Waals surface area (Å²) in [5, 5.41) is 12.1. The standard InChI is InChI=1S/C24H23N2O/c1-15(2)12-17-8-7-9-18-19-13-16(3)22(21-10-5-6-11-26(21)4)20(14-25)24(19)27-23(17)18/h5-11,13,15H,12H2,1-4H3/q+1. The molecule has 2 heterocycles. The maximum Gasteiger partial charge on any atom is 0.214 e. The zero-order chi connectivity index (χ0) is 19.1. The SMILES string of the molecule is Cc1cc2c(oc3c(CC(C)C)cccc32)c(C#N)c1-c1cccc[n+]1C. The summed E-state index contributed by atoms with van der Waals surface area (Å²) in [6, 6.07) is 16.9. The Morgan fingerprint density at radius 1 is 1.07 bits per heavy atom. The third-order valence-corrected chi connectivity index (χ3v) is 5.12. The Bertz CT molecular complexity index is 1210. The molecule has 0 aliphatic carbocycles. The summed E-state index contributed by atoms with van der Waals surface area (Å²) in [6.07, 6.45) is 2.96. The molecule has 0 aliphatic rings. The number of nitriles is 1. The van der Waals surface area contributed by atoms with Crippen molar-refractivity contribution in [2.75, 3.05) is 0 Å². The fourth-order valence-electron chi connectivity index (χ4n) is 3.95. The van der Waals surface area contributed by atoms with Crippen molar-refractivity contribution in [3.63, 3.8) is 0 Å². The number of rotatable bonds is 3. The molecule has 0 saturated carbocycles. The molecule has 2 aromatic carbocycles. The zero-order valence-corrected chi connectivity index (χ0v) is 16.2. The minimum absolute atomic E-state index is 0.542. The van der Waals surface area contributed by atoms with E-state index >= 15 is 0 Å². The van der Waals surface area contributed by atoms with Crippen molar-refractivity contribution < 1.29 is 8.98 Å². The normalized spacial score (nSPS) is 11.4. The van der Waals surface area contributed by atoms with Gasteiger partial charge >= 0.3 is 0 Å². The first kappa shape index (κ1) is 17.3. The molecule has 0 amide bonds. The molecule has 0 aliphatic heterocycles. The molecule has 2 aromatic heterocycles. The summed E-state index contributed by atoms with van der Waals surface area (Å²) in [6.45, 7) is 6.49. The first-order chi connectivity index (χ1) is 13.0. The monoisotopic (exact) mass is 355 g/mol. The summed E-state index contributed by atoms with van der Waals surface area (Å²) in [5.41, 5.74) is 6.44. The number of pyridine rings is 1. The maximum atomic E-state index is 10.0. The van der Waals surface area contributed by atoms with E-state index in [1.54, 1.807) is 0 Å². The van der Waals surface area contributed by atoms with Crippen molar-refractivity contribution in [1.82, 2.24) is 0 Å². The quantitative estimate of drug-likeness (QED) is 0.458. The largest absolute Gasteiger partial charge is 0.454 e. The van der Waals surface area contributed by atoms with Crippen LogP contribution >= 0.6 is 0 Å². The van der Waals surface area contributed by atoms with Gasteiger partial charge in [0.05, 0.1) is 5.56 Å². The topological polar surface area (TPSA) is 40.8 Å². The molecule has 3 nitrogen and oxygen atoms in total. The van der Waals surface area contributed by atoms with E-state index in [0.717, 1.165) is 39.6 Å². The molecule has 0 radical (unpaired) electrons. The molecule has 0 fully saturated rings. The molecule has 4 rings (SSSR count). The Labute approximate surface area is 159 Å². The van der Waals surface area contributed by atoms with Crippen molar-refractivity contribution >= 4 is 21.9 Å². The average molecular weight is 355 g/mol. The third-order valence-electron chi connectivity index (χ3n) is 5.12. The van der Waals surface area contributed by atoms with Gasteiger partial charge in [0, 0.05) is 22.9 Å². The number of fused-ring (bicyclic) bond motifs is 3. The summed E-state index contributed by atoms with van der Waals surface area (Å²) in [5.74, 6) is 0.542. The van der Waals surface area contributed by atoms with Crippen LogP contribution in [0.15, 0.2) is 53.1 Å². The van der Waals surface area contributed by atoms with E-state index < -0.39 is 0 Å². The molecule has 0 atom stereocenters. The fraction of sp³-hybridized carbons (Fsp3) is 0.250. The molecular weight excluding hydrogens is 332 g/mol. The number of nitrogens with zero attached hydrogens (tertiary/aromatic N) is 2. The number of para-hydroxylation sites is 1. The molecule has 4 aromatic rings. The maximum absolute atomic E-state index is 10.0. The average Bonchev–Trinajstić information content (AvgIpc) is 3.00. The van der Waals surface area contributed by atoms with E-state index in [4.69, 9.17) is 4.42 Å². The lowest BCUT2D eigenvalue weighted by Crippen LogP contribution is -2.30. The molecule has 0 saturated heterocycles. The first-order valence-electron chi connectivity index (χ1n) is 9.34. The van der Waals surface area contributed by atoms with Crippen LogP contribution in [0, 0.1) is 24.2 Å². The van der Waals surface area contributed by atoms with Crippen molar-refractivity contribution in [1.29, 1.82) is 5.26 Å². The molecule has 3 heteroatoms. The third kappa shape index (κ3) is 2.78. The van der Waals surface area contributed by atoms with Crippen LogP contribution in [0.2, 0.25) is 0 Å². The van der Waals surface area contributed by atoms with E-state index in [-0.39, 0.29) is 0 Å². The van der Waals surface area contributed by atoms with Crippen molar-refractivity contribution in [3.8, 4) is 17.3 Å². The first-order valence-corrected chi connectivity index (χ1v) is 9.34. The predicted octanol–water partition coefficient (Wildman–Crippen LogP) is 5.46. The van der Waals surface area contributed by atoms with Gasteiger partial charge < -0.3 is 4.42 Å². The van der Waals surface area contributed by atoms with Gasteiger partial charge in [0.15, 0.2) is 11.8 Å². The van der Waals surface area contributed by atoms with Gasteiger partial charge in [-0.25, -0.2) is 4.57 Å². The number of hydrogen-bond donors (Lipinski definition) is 0. The summed E-state index contributed by atoms with van der Waals surface area (Å²) < 4.78 is 8.38. The van der Waals surface area contributed by atoms with E-state index in [1.165, 1.54) is 5.56 Å². The van der Waals surface area contributed by atoms with E-state index in [2.05, 4.69) is 51.1 Å². The number of furan rings is 1. The van der Waals surface area contributed by atoms with E-state index in [0.29, 0.717) is 17.1 Å². The number of benzene rings is 2. The van der Waals surface area contributed by atoms with Gasteiger partial charge in [-0.05, 0) is 42.5 Å². The highest BCUT2D eigenvalue weighted by Gasteiger charge is 2.23. The molecule has 0 unspecified atom stereocenters. The smallest absolute Gasteiger partial charge is 0.214 e. The van der Waals surface area contributed by atoms with Crippen LogP contribution in [0.4, 0.5) is 0 Å². The Kier molecular flexibility index (Phi) is 4.20. The van der Waals surface area contributed by atoms with Gasteiger partial charge in [0.2, 0.25) is 5.69 Å². The second-order valence-electron chi connectivity index (χ2n) is 7.62. The Morgan fingerprint density at radius 2 is 1.89 bits per heavy atom. The number of hydrogen-bond acceptors (Lipinski definition) is 2. The van der Waals surface area contributed by atoms with Gasteiger partial charge in [-0.2, -0.15) is 5.26 Å².